The van der Waals surface area contributed by atoms with Crippen LogP contribution in [0.25, 0.3) is 0 Å². The summed E-state index contributed by atoms with van der Waals surface area (Å²) in [5.41, 5.74) is 0.121. The van der Waals surface area contributed by atoms with Crippen LogP contribution in [-0.2, 0) is 9.53 Å². The van der Waals surface area contributed by atoms with Gasteiger partial charge in [-0.15, -0.1) is 0 Å². The zero-order chi connectivity index (χ0) is 10.1. The zero-order valence-corrected chi connectivity index (χ0v) is 8.17. The molecule has 0 aromatic rings. The lowest BCUT2D eigenvalue weighted by molar-refractivity contribution is -0.138. The summed E-state index contributed by atoms with van der Waals surface area (Å²) in [6, 6.07) is 1.83. The fraction of sp³-hybridized carbons (Fsp3) is 0.600. The minimum atomic E-state index is -0.513. The van der Waals surface area contributed by atoms with E-state index < -0.39 is 5.97 Å². The standard InChI is InChI=1S/C10H15NO2/c1-3-5-6-7-9(8-11)10(12)13-4-2/h7H,3-6H2,1-2H3. The van der Waals surface area contributed by atoms with Gasteiger partial charge in [0, 0.05) is 0 Å². The van der Waals surface area contributed by atoms with Crippen LogP contribution in [0.2, 0.25) is 0 Å². The Hall–Kier alpha value is -1.30. The topological polar surface area (TPSA) is 50.1 Å². The van der Waals surface area contributed by atoms with Gasteiger partial charge in [-0.05, 0) is 13.3 Å². The molecular weight excluding hydrogens is 166 g/mol. The molecule has 0 spiro atoms. The molecule has 0 aromatic heterocycles. The maximum Gasteiger partial charge on any atom is 0.348 e. The lowest BCUT2D eigenvalue weighted by Crippen LogP contribution is -2.06. The van der Waals surface area contributed by atoms with Crippen molar-refractivity contribution in [1.29, 1.82) is 5.26 Å². The van der Waals surface area contributed by atoms with Crippen LogP contribution in [0.3, 0.4) is 0 Å². The Morgan fingerprint density at radius 2 is 2.23 bits per heavy atom. The molecule has 0 bridgehead atoms. The summed E-state index contributed by atoms with van der Waals surface area (Å²) in [5.74, 6) is -0.513. The van der Waals surface area contributed by atoms with Gasteiger partial charge in [0.15, 0.2) is 0 Å². The van der Waals surface area contributed by atoms with Crippen LogP contribution in [0.15, 0.2) is 11.6 Å². The first-order valence-corrected chi connectivity index (χ1v) is 4.53. The third-order valence-electron chi connectivity index (χ3n) is 1.52. The number of allylic oxidation sites excluding steroid dienone is 1. The average molecular weight is 181 g/mol. The highest BCUT2D eigenvalue weighted by molar-refractivity contribution is 5.92. The highest BCUT2D eigenvalue weighted by Gasteiger charge is 2.07. The van der Waals surface area contributed by atoms with Crippen molar-refractivity contribution < 1.29 is 9.53 Å². The van der Waals surface area contributed by atoms with Crippen molar-refractivity contribution in [2.24, 2.45) is 0 Å². The van der Waals surface area contributed by atoms with Gasteiger partial charge in [0.05, 0.1) is 6.61 Å². The van der Waals surface area contributed by atoms with Crippen LogP contribution >= 0.6 is 0 Å². The van der Waals surface area contributed by atoms with Gasteiger partial charge < -0.3 is 4.74 Å². The molecule has 0 radical (unpaired) electrons. The highest BCUT2D eigenvalue weighted by atomic mass is 16.5. The molecule has 0 aromatic carbocycles. The normalized spacial score (nSPS) is 10.7. The first-order valence-electron chi connectivity index (χ1n) is 4.53. The summed E-state index contributed by atoms with van der Waals surface area (Å²) in [5, 5.41) is 8.60. The SMILES string of the molecule is CCCCC=C(C#N)C(=O)OCC. The molecule has 0 aliphatic carbocycles. The van der Waals surface area contributed by atoms with Gasteiger partial charge in [0.2, 0.25) is 0 Å². The molecule has 72 valence electrons. The van der Waals surface area contributed by atoms with E-state index in [0.29, 0.717) is 6.61 Å². The molecule has 13 heavy (non-hydrogen) atoms. The van der Waals surface area contributed by atoms with Crippen LogP contribution in [0, 0.1) is 11.3 Å². The predicted molar refractivity (Wildman–Crippen MR) is 49.9 cm³/mol. The van der Waals surface area contributed by atoms with Gasteiger partial charge in [-0.1, -0.05) is 25.8 Å². The summed E-state index contributed by atoms with van der Waals surface area (Å²) in [6.45, 7) is 4.09. The van der Waals surface area contributed by atoms with E-state index in [2.05, 4.69) is 6.92 Å². The number of esters is 1. The smallest absolute Gasteiger partial charge is 0.348 e. The van der Waals surface area contributed by atoms with Crippen molar-refractivity contribution >= 4 is 5.97 Å². The van der Waals surface area contributed by atoms with Crippen LogP contribution in [0.4, 0.5) is 0 Å². The quantitative estimate of drug-likeness (QED) is 0.283. The molecule has 0 heterocycles. The lowest BCUT2D eigenvalue weighted by Gasteiger charge is -1.98. The fourth-order valence-electron chi connectivity index (χ4n) is 0.834. The molecule has 3 heteroatoms. The number of carbonyl (C=O) groups excluding carboxylic acids is 1. The van der Waals surface area contributed by atoms with E-state index in [4.69, 9.17) is 10.00 Å². The van der Waals surface area contributed by atoms with Crippen molar-refractivity contribution in [1.82, 2.24) is 0 Å². The van der Waals surface area contributed by atoms with Gasteiger partial charge in [0.1, 0.15) is 11.6 Å². The van der Waals surface area contributed by atoms with Crippen molar-refractivity contribution in [2.75, 3.05) is 6.61 Å². The van der Waals surface area contributed by atoms with Crippen molar-refractivity contribution in [3.63, 3.8) is 0 Å². The van der Waals surface area contributed by atoms with E-state index in [-0.39, 0.29) is 5.57 Å². The van der Waals surface area contributed by atoms with E-state index in [1.807, 2.05) is 6.07 Å². The zero-order valence-electron chi connectivity index (χ0n) is 8.17. The Labute approximate surface area is 79.0 Å². The summed E-state index contributed by atoms with van der Waals surface area (Å²) in [4.78, 5) is 11.1. The molecule has 3 nitrogen and oxygen atoms in total. The number of unbranched alkanes of at least 4 members (excludes halogenated alkanes) is 2. The first kappa shape index (κ1) is 11.7. The van der Waals surface area contributed by atoms with Gasteiger partial charge in [0.25, 0.3) is 0 Å². The molecule has 0 amide bonds. The number of carbonyl (C=O) groups is 1. The van der Waals surface area contributed by atoms with Gasteiger partial charge in [-0.25, -0.2) is 4.79 Å². The van der Waals surface area contributed by atoms with Gasteiger partial charge in [-0.2, -0.15) is 5.26 Å². The predicted octanol–water partition coefficient (Wildman–Crippen LogP) is 2.19. The lowest BCUT2D eigenvalue weighted by atomic mass is 10.2. The van der Waals surface area contributed by atoms with Crippen molar-refractivity contribution in [2.45, 2.75) is 33.1 Å². The van der Waals surface area contributed by atoms with E-state index in [9.17, 15) is 4.79 Å². The van der Waals surface area contributed by atoms with Crippen molar-refractivity contribution in [3.05, 3.63) is 11.6 Å². The van der Waals surface area contributed by atoms with Gasteiger partial charge in [-0.3, -0.25) is 0 Å². The van der Waals surface area contributed by atoms with E-state index >= 15 is 0 Å². The Morgan fingerprint density at radius 3 is 2.69 bits per heavy atom. The van der Waals surface area contributed by atoms with Crippen molar-refractivity contribution in [3.8, 4) is 6.07 Å². The number of rotatable bonds is 5. The molecule has 0 saturated carbocycles. The number of hydrogen-bond donors (Lipinski definition) is 0. The molecule has 0 aliphatic heterocycles. The number of nitrogens with zero attached hydrogens (tertiary/aromatic N) is 1. The molecule has 0 saturated heterocycles. The number of hydrogen-bond acceptors (Lipinski definition) is 3. The molecular formula is C10H15NO2. The average Bonchev–Trinajstić information content (AvgIpc) is 2.13. The molecule has 0 aliphatic rings. The van der Waals surface area contributed by atoms with E-state index in [1.54, 1.807) is 13.0 Å². The second kappa shape index (κ2) is 7.35. The fourth-order valence-corrected chi connectivity index (χ4v) is 0.834. The van der Waals surface area contributed by atoms with E-state index in [1.165, 1.54) is 0 Å². The van der Waals surface area contributed by atoms with Gasteiger partial charge >= 0.3 is 5.97 Å². The molecule has 0 fully saturated rings. The summed E-state index contributed by atoms with van der Waals surface area (Å²) >= 11 is 0. The Bertz CT molecular complexity index is 226. The molecule has 0 unspecified atom stereocenters. The summed E-state index contributed by atoms with van der Waals surface area (Å²) < 4.78 is 4.70. The Morgan fingerprint density at radius 1 is 1.54 bits per heavy atom. The highest BCUT2D eigenvalue weighted by Crippen LogP contribution is 2.02. The van der Waals surface area contributed by atoms with Crippen LogP contribution < -0.4 is 0 Å². The number of ether oxygens (including phenoxy) is 1. The summed E-state index contributed by atoms with van der Waals surface area (Å²) in [7, 11) is 0. The molecule has 0 N–H and O–H groups in total. The second-order valence-corrected chi connectivity index (χ2v) is 2.59. The first-order chi connectivity index (χ1) is 6.26. The maximum atomic E-state index is 11.1. The second-order valence-electron chi connectivity index (χ2n) is 2.59. The number of nitriles is 1. The monoisotopic (exact) mass is 181 g/mol. The van der Waals surface area contributed by atoms with Crippen LogP contribution in [0.1, 0.15) is 33.1 Å². The van der Waals surface area contributed by atoms with E-state index in [0.717, 1.165) is 19.3 Å². The summed E-state index contributed by atoms with van der Waals surface area (Å²) in [6.07, 6.45) is 4.45. The Kier molecular flexibility index (Phi) is 6.62. The molecule has 0 rings (SSSR count). The maximum absolute atomic E-state index is 11.1. The Balaban J connectivity index is 4.09. The minimum Gasteiger partial charge on any atom is -0.462 e. The molecule has 0 atom stereocenters. The largest absolute Gasteiger partial charge is 0.462 e. The van der Waals surface area contributed by atoms with Crippen LogP contribution in [0.5, 0.6) is 0 Å². The minimum absolute atomic E-state index is 0.121. The third-order valence-corrected chi connectivity index (χ3v) is 1.52. The van der Waals surface area contributed by atoms with Crippen LogP contribution in [-0.4, -0.2) is 12.6 Å². The third kappa shape index (κ3) is 5.02.